The Morgan fingerprint density at radius 3 is 2.48 bits per heavy atom. The average molecular weight is 361 g/mol. The van der Waals surface area contributed by atoms with E-state index in [0.29, 0.717) is 30.2 Å². The number of piperidine rings is 1. The Bertz CT molecular complexity index is 625. The largest absolute Gasteiger partial charge is 0.453 e. The minimum atomic E-state index is -3.38. The molecule has 0 radical (unpaired) electrons. The maximum atomic E-state index is 12.1. The number of hydrogen-bond donors (Lipinski definition) is 1. The Kier molecular flexibility index (Phi) is 6.26. The van der Waals surface area contributed by atoms with E-state index in [1.807, 2.05) is 0 Å². The lowest BCUT2D eigenvalue weighted by Gasteiger charge is -2.30. The van der Waals surface area contributed by atoms with E-state index in [1.165, 1.54) is 7.11 Å². The summed E-state index contributed by atoms with van der Waals surface area (Å²) in [5.74, 6) is 0.168. The number of carbonyl (C=O) groups is 1. The Morgan fingerprint density at radius 2 is 1.91 bits per heavy atom. The van der Waals surface area contributed by atoms with Crippen LogP contribution in [0.3, 0.4) is 0 Å². The number of halogens is 1. The zero-order chi connectivity index (χ0) is 16.9. The molecule has 0 bridgehead atoms. The zero-order valence-electron chi connectivity index (χ0n) is 13.0. The Hall–Kier alpha value is -1.31. The number of nitrogens with zero attached hydrogens (tertiary/aromatic N) is 1. The highest BCUT2D eigenvalue weighted by atomic mass is 35.5. The molecule has 1 saturated heterocycles. The topological polar surface area (TPSA) is 75.7 Å². The third-order valence-electron chi connectivity index (χ3n) is 3.91. The lowest BCUT2D eigenvalue weighted by Crippen LogP contribution is -2.41. The van der Waals surface area contributed by atoms with Gasteiger partial charge < -0.3 is 9.64 Å². The van der Waals surface area contributed by atoms with Gasteiger partial charge in [0.15, 0.2) is 0 Å². The molecule has 1 aliphatic rings. The van der Waals surface area contributed by atoms with Crippen LogP contribution in [0.1, 0.15) is 18.4 Å². The van der Waals surface area contributed by atoms with Crippen LogP contribution in [-0.4, -0.2) is 46.2 Å². The number of ether oxygens (including phenoxy) is 1. The van der Waals surface area contributed by atoms with Gasteiger partial charge in [0, 0.05) is 24.7 Å². The first-order valence-corrected chi connectivity index (χ1v) is 9.47. The van der Waals surface area contributed by atoms with Crippen LogP contribution >= 0.6 is 11.6 Å². The number of hydrogen-bond acceptors (Lipinski definition) is 4. The van der Waals surface area contributed by atoms with Crippen LogP contribution in [0.15, 0.2) is 24.3 Å². The molecule has 0 spiro atoms. The highest BCUT2D eigenvalue weighted by Gasteiger charge is 2.24. The van der Waals surface area contributed by atoms with Crippen LogP contribution in [0, 0.1) is 5.92 Å². The smallest absolute Gasteiger partial charge is 0.409 e. The van der Waals surface area contributed by atoms with Crippen LogP contribution in [0.25, 0.3) is 0 Å². The van der Waals surface area contributed by atoms with E-state index in [0.717, 1.165) is 12.8 Å². The average Bonchev–Trinajstić information content (AvgIpc) is 2.55. The molecule has 1 N–H and O–H groups in total. The van der Waals surface area contributed by atoms with Gasteiger partial charge in [-0.15, -0.1) is 0 Å². The lowest BCUT2D eigenvalue weighted by atomic mass is 9.97. The number of likely N-dealkylation sites (tertiary alicyclic amines) is 1. The molecule has 1 amide bonds. The van der Waals surface area contributed by atoms with Crippen molar-refractivity contribution in [1.82, 2.24) is 9.62 Å². The van der Waals surface area contributed by atoms with E-state index in [2.05, 4.69) is 9.46 Å². The SMILES string of the molecule is COC(=O)N1CCC(CNS(=O)(=O)Cc2ccc(Cl)cc2)CC1. The fourth-order valence-corrected chi connectivity index (χ4v) is 3.89. The van der Waals surface area contributed by atoms with Crippen molar-refractivity contribution < 1.29 is 17.9 Å². The summed E-state index contributed by atoms with van der Waals surface area (Å²) in [5, 5.41) is 0.580. The van der Waals surface area contributed by atoms with Gasteiger partial charge in [0.05, 0.1) is 12.9 Å². The molecule has 23 heavy (non-hydrogen) atoms. The van der Waals surface area contributed by atoms with Crippen molar-refractivity contribution >= 4 is 27.7 Å². The van der Waals surface area contributed by atoms with Gasteiger partial charge in [-0.3, -0.25) is 0 Å². The molecule has 0 aromatic heterocycles. The number of nitrogens with one attached hydrogen (secondary N) is 1. The second-order valence-corrected chi connectivity index (χ2v) is 7.88. The van der Waals surface area contributed by atoms with Crippen molar-refractivity contribution in [2.45, 2.75) is 18.6 Å². The Balaban J connectivity index is 1.79. The summed E-state index contributed by atoms with van der Waals surface area (Å²) in [6.07, 6.45) is 1.20. The number of carbonyl (C=O) groups excluding carboxylic acids is 1. The van der Waals surface area contributed by atoms with Gasteiger partial charge in [-0.1, -0.05) is 23.7 Å². The summed E-state index contributed by atoms with van der Waals surface area (Å²) < 4.78 is 31.6. The number of rotatable bonds is 5. The van der Waals surface area contributed by atoms with Crippen LogP contribution in [0.5, 0.6) is 0 Å². The van der Waals surface area contributed by atoms with E-state index in [-0.39, 0.29) is 17.8 Å². The van der Waals surface area contributed by atoms with Crippen molar-refractivity contribution in [3.05, 3.63) is 34.9 Å². The number of benzene rings is 1. The van der Waals surface area contributed by atoms with Gasteiger partial charge >= 0.3 is 6.09 Å². The first kappa shape index (κ1) is 18.0. The number of sulfonamides is 1. The van der Waals surface area contributed by atoms with Crippen LogP contribution in [0.4, 0.5) is 4.79 Å². The summed E-state index contributed by atoms with van der Waals surface area (Å²) in [5.41, 5.74) is 0.697. The predicted octanol–water partition coefficient (Wildman–Crippen LogP) is 2.24. The molecular formula is C15H21ClN2O4S. The third kappa shape index (κ3) is 5.67. The first-order chi connectivity index (χ1) is 10.9. The van der Waals surface area contributed by atoms with E-state index in [9.17, 15) is 13.2 Å². The Labute approximate surface area is 141 Å². The number of amides is 1. The minimum Gasteiger partial charge on any atom is -0.453 e. The highest BCUT2D eigenvalue weighted by Crippen LogP contribution is 2.18. The zero-order valence-corrected chi connectivity index (χ0v) is 14.6. The quantitative estimate of drug-likeness (QED) is 0.873. The van der Waals surface area contributed by atoms with E-state index in [4.69, 9.17) is 11.6 Å². The molecule has 2 rings (SSSR count). The molecule has 0 unspecified atom stereocenters. The summed E-state index contributed by atoms with van der Waals surface area (Å²) in [6.45, 7) is 1.58. The standard InChI is InChI=1S/C15H21ClN2O4S/c1-22-15(19)18-8-6-12(7-9-18)10-17-23(20,21)11-13-2-4-14(16)5-3-13/h2-5,12,17H,6-11H2,1H3. The fraction of sp³-hybridized carbons (Fsp3) is 0.533. The van der Waals surface area contributed by atoms with Crippen LogP contribution in [-0.2, 0) is 20.5 Å². The van der Waals surface area contributed by atoms with Crippen LogP contribution in [0.2, 0.25) is 5.02 Å². The van der Waals surface area contributed by atoms with Crippen molar-refractivity contribution in [3.63, 3.8) is 0 Å². The summed E-state index contributed by atoms with van der Waals surface area (Å²) in [6, 6.07) is 6.76. The molecule has 0 saturated carbocycles. The van der Waals surface area contributed by atoms with Crippen LogP contribution < -0.4 is 4.72 Å². The van der Waals surface area contributed by atoms with Gasteiger partial charge in [0.1, 0.15) is 0 Å². The third-order valence-corrected chi connectivity index (χ3v) is 5.48. The second kappa shape index (κ2) is 7.99. The maximum Gasteiger partial charge on any atom is 0.409 e. The lowest BCUT2D eigenvalue weighted by molar-refractivity contribution is 0.106. The van der Waals surface area contributed by atoms with Gasteiger partial charge in [-0.2, -0.15) is 0 Å². The monoisotopic (exact) mass is 360 g/mol. The second-order valence-electron chi connectivity index (χ2n) is 5.63. The van der Waals surface area contributed by atoms with E-state index < -0.39 is 10.0 Å². The minimum absolute atomic E-state index is 0.0643. The maximum absolute atomic E-state index is 12.1. The normalized spacial score (nSPS) is 16.3. The molecular weight excluding hydrogens is 340 g/mol. The molecule has 1 heterocycles. The van der Waals surface area contributed by atoms with Gasteiger partial charge in [-0.05, 0) is 36.5 Å². The molecule has 6 nitrogen and oxygen atoms in total. The molecule has 128 valence electrons. The first-order valence-electron chi connectivity index (χ1n) is 7.44. The Morgan fingerprint density at radius 1 is 1.30 bits per heavy atom. The predicted molar refractivity (Wildman–Crippen MR) is 88.8 cm³/mol. The van der Waals surface area contributed by atoms with E-state index in [1.54, 1.807) is 29.2 Å². The highest BCUT2D eigenvalue weighted by molar-refractivity contribution is 7.88. The van der Waals surface area contributed by atoms with Gasteiger partial charge in [-0.25, -0.2) is 17.9 Å². The van der Waals surface area contributed by atoms with Crippen molar-refractivity contribution in [1.29, 1.82) is 0 Å². The summed E-state index contributed by atoms with van der Waals surface area (Å²) in [4.78, 5) is 13.0. The fourth-order valence-electron chi connectivity index (χ4n) is 2.54. The molecule has 1 fully saturated rings. The molecule has 0 atom stereocenters. The summed E-state index contributed by atoms with van der Waals surface area (Å²) >= 11 is 5.79. The molecule has 1 aromatic carbocycles. The van der Waals surface area contributed by atoms with Gasteiger partial charge in [0.25, 0.3) is 0 Å². The van der Waals surface area contributed by atoms with E-state index >= 15 is 0 Å². The number of methoxy groups -OCH3 is 1. The molecule has 0 aliphatic carbocycles. The summed E-state index contributed by atoms with van der Waals surface area (Å²) in [7, 11) is -2.02. The molecule has 8 heteroatoms. The van der Waals surface area contributed by atoms with Crippen molar-refractivity contribution in [2.24, 2.45) is 5.92 Å². The molecule has 1 aromatic rings. The van der Waals surface area contributed by atoms with Crippen molar-refractivity contribution in [2.75, 3.05) is 26.7 Å². The molecule has 1 aliphatic heterocycles. The van der Waals surface area contributed by atoms with Crippen molar-refractivity contribution in [3.8, 4) is 0 Å². The van der Waals surface area contributed by atoms with Gasteiger partial charge in [0.2, 0.25) is 10.0 Å².